The van der Waals surface area contributed by atoms with E-state index >= 15 is 0 Å². The van der Waals surface area contributed by atoms with Gasteiger partial charge in [-0.2, -0.15) is 4.99 Å². The molecule has 0 amide bonds. The van der Waals surface area contributed by atoms with Gasteiger partial charge in [0, 0.05) is 0 Å². The van der Waals surface area contributed by atoms with E-state index in [9.17, 15) is 5.11 Å². The third-order valence-corrected chi connectivity index (χ3v) is 1.61. The van der Waals surface area contributed by atoms with Crippen molar-refractivity contribution in [1.82, 2.24) is 0 Å². The Kier molecular flexibility index (Phi) is 4.93. The number of hydrogen-bond acceptors (Lipinski definition) is 2. The van der Waals surface area contributed by atoms with Crippen LogP contribution in [0.25, 0.3) is 0 Å². The average molecular weight is 201 g/mol. The second-order valence-corrected chi connectivity index (χ2v) is 3.46. The molecule has 0 saturated carbocycles. The highest BCUT2D eigenvalue weighted by atomic mass is 16.3. The Balaban J connectivity index is 4.20. The van der Waals surface area contributed by atoms with Crippen molar-refractivity contribution in [3.05, 3.63) is 0 Å². The average Bonchev–Trinajstić information content (AvgIpc) is 2.00. The van der Waals surface area contributed by atoms with Crippen LogP contribution < -0.4 is 17.2 Å². The predicted octanol–water partition coefficient (Wildman–Crippen LogP) is -0.874. The van der Waals surface area contributed by atoms with Crippen LogP contribution in [0.2, 0.25) is 0 Å². The van der Waals surface area contributed by atoms with Crippen LogP contribution >= 0.6 is 0 Å². The number of nitrogens with two attached hydrogens (primary N) is 3. The summed E-state index contributed by atoms with van der Waals surface area (Å²) in [5.74, 6) is -0.150. The fourth-order valence-electron chi connectivity index (χ4n) is 1.04. The lowest BCUT2D eigenvalue weighted by atomic mass is 10.0. The van der Waals surface area contributed by atoms with Crippen molar-refractivity contribution in [1.29, 1.82) is 0 Å². The minimum atomic E-state index is -0.849. The molecule has 0 radical (unpaired) electrons. The Labute approximate surface area is 83.9 Å². The van der Waals surface area contributed by atoms with Crippen molar-refractivity contribution in [2.75, 3.05) is 6.54 Å². The molecule has 0 rings (SSSR count). The van der Waals surface area contributed by atoms with Crippen LogP contribution in [-0.4, -0.2) is 29.2 Å². The van der Waals surface area contributed by atoms with Gasteiger partial charge in [0.1, 0.15) is 0 Å². The molecular weight excluding hydrogens is 182 g/mol. The molecule has 82 valence electrons. The lowest BCUT2D eigenvalue weighted by Crippen LogP contribution is -2.30. The first-order valence-corrected chi connectivity index (χ1v) is 4.49. The summed E-state index contributed by atoms with van der Waals surface area (Å²) in [5.41, 5.74) is 14.7. The molecule has 0 aliphatic heterocycles. The number of aliphatic imine (C=N–C) groups is 2. The van der Waals surface area contributed by atoms with Crippen LogP contribution in [0.15, 0.2) is 9.98 Å². The number of hydrogen-bond donors (Lipinski definition) is 4. The van der Waals surface area contributed by atoms with E-state index in [0.717, 1.165) is 6.42 Å². The Hall–Kier alpha value is -1.30. The van der Waals surface area contributed by atoms with Gasteiger partial charge in [0.25, 0.3) is 0 Å². The van der Waals surface area contributed by atoms with Crippen molar-refractivity contribution in [2.24, 2.45) is 27.2 Å². The van der Waals surface area contributed by atoms with Gasteiger partial charge in [0.2, 0.25) is 5.96 Å². The summed E-state index contributed by atoms with van der Waals surface area (Å²) in [7, 11) is 0. The second kappa shape index (κ2) is 5.43. The van der Waals surface area contributed by atoms with Gasteiger partial charge in [0.05, 0.1) is 12.1 Å². The van der Waals surface area contributed by atoms with Crippen molar-refractivity contribution in [2.45, 2.75) is 32.3 Å². The summed E-state index contributed by atoms with van der Waals surface area (Å²) in [6.07, 6.45) is 1.54. The van der Waals surface area contributed by atoms with Gasteiger partial charge in [-0.1, -0.05) is 13.3 Å². The van der Waals surface area contributed by atoms with E-state index in [1.165, 1.54) is 0 Å². The van der Waals surface area contributed by atoms with Crippen molar-refractivity contribution < 1.29 is 5.11 Å². The molecule has 0 heterocycles. The molecule has 6 heteroatoms. The van der Waals surface area contributed by atoms with Gasteiger partial charge in [-0.3, -0.25) is 0 Å². The highest BCUT2D eigenvalue weighted by molar-refractivity contribution is 5.92. The molecule has 0 aliphatic carbocycles. The molecule has 0 spiro atoms. The first kappa shape index (κ1) is 12.7. The quantitative estimate of drug-likeness (QED) is 0.348. The molecule has 1 unspecified atom stereocenters. The Bertz CT molecular complexity index is 230. The van der Waals surface area contributed by atoms with E-state index in [2.05, 4.69) is 9.98 Å². The van der Waals surface area contributed by atoms with Gasteiger partial charge in [-0.05, 0) is 13.3 Å². The normalized spacial score (nSPS) is 16.1. The fourth-order valence-corrected chi connectivity index (χ4v) is 1.04. The van der Waals surface area contributed by atoms with Gasteiger partial charge in [-0.15, -0.1) is 0 Å². The third kappa shape index (κ3) is 6.24. The standard InChI is InChI=1S/C8H19N5O/c1-3-4-8(2,14)5-12-7(11)13-6(9)10/h14H,3-5H2,1-2H3,(H6,9,10,11,12,13). The summed E-state index contributed by atoms with van der Waals surface area (Å²) in [4.78, 5) is 7.38. The monoisotopic (exact) mass is 201 g/mol. The van der Waals surface area contributed by atoms with Crippen LogP contribution in [0.3, 0.4) is 0 Å². The summed E-state index contributed by atoms with van der Waals surface area (Å²) < 4.78 is 0. The molecule has 1 atom stereocenters. The summed E-state index contributed by atoms with van der Waals surface area (Å²) in [6, 6.07) is 0. The molecule has 0 saturated heterocycles. The Morgan fingerprint density at radius 2 is 1.93 bits per heavy atom. The molecule has 0 bridgehead atoms. The highest BCUT2D eigenvalue weighted by Crippen LogP contribution is 2.11. The third-order valence-electron chi connectivity index (χ3n) is 1.61. The molecule has 7 N–H and O–H groups in total. The predicted molar refractivity (Wildman–Crippen MR) is 57.8 cm³/mol. The smallest absolute Gasteiger partial charge is 0.218 e. The number of rotatable bonds is 4. The van der Waals surface area contributed by atoms with E-state index in [4.69, 9.17) is 17.2 Å². The van der Waals surface area contributed by atoms with Gasteiger partial charge in [0.15, 0.2) is 5.96 Å². The first-order valence-electron chi connectivity index (χ1n) is 4.49. The summed E-state index contributed by atoms with van der Waals surface area (Å²) in [6.45, 7) is 3.88. The number of aliphatic hydroxyl groups is 1. The van der Waals surface area contributed by atoms with E-state index in [1.54, 1.807) is 6.92 Å². The van der Waals surface area contributed by atoms with Crippen LogP contribution in [0, 0.1) is 0 Å². The lowest BCUT2D eigenvalue weighted by molar-refractivity contribution is 0.0598. The molecular formula is C8H19N5O. The summed E-state index contributed by atoms with van der Waals surface area (Å²) >= 11 is 0. The van der Waals surface area contributed by atoms with Crippen molar-refractivity contribution >= 4 is 11.9 Å². The zero-order valence-electron chi connectivity index (χ0n) is 8.70. The lowest BCUT2D eigenvalue weighted by Gasteiger charge is -2.19. The van der Waals surface area contributed by atoms with Gasteiger partial charge < -0.3 is 22.3 Å². The van der Waals surface area contributed by atoms with Crippen LogP contribution in [0.1, 0.15) is 26.7 Å². The number of guanidine groups is 2. The highest BCUT2D eigenvalue weighted by Gasteiger charge is 2.18. The first-order chi connectivity index (χ1) is 6.37. The minimum Gasteiger partial charge on any atom is -0.388 e. The van der Waals surface area contributed by atoms with Crippen LogP contribution in [-0.2, 0) is 0 Å². The van der Waals surface area contributed by atoms with E-state index in [0.29, 0.717) is 6.42 Å². The van der Waals surface area contributed by atoms with Crippen LogP contribution in [0.4, 0.5) is 0 Å². The zero-order valence-corrected chi connectivity index (χ0v) is 8.70. The van der Waals surface area contributed by atoms with E-state index in [1.807, 2.05) is 6.92 Å². The molecule has 0 aromatic rings. The largest absolute Gasteiger partial charge is 0.388 e. The maximum Gasteiger partial charge on any atom is 0.218 e. The second-order valence-electron chi connectivity index (χ2n) is 3.46. The molecule has 0 aromatic carbocycles. The Morgan fingerprint density at radius 1 is 1.36 bits per heavy atom. The zero-order chi connectivity index (χ0) is 11.2. The molecule has 6 nitrogen and oxygen atoms in total. The van der Waals surface area contributed by atoms with Crippen molar-refractivity contribution in [3.8, 4) is 0 Å². The van der Waals surface area contributed by atoms with Gasteiger partial charge >= 0.3 is 0 Å². The fraction of sp³-hybridized carbons (Fsp3) is 0.750. The molecule has 0 aliphatic rings. The summed E-state index contributed by atoms with van der Waals surface area (Å²) in [5, 5.41) is 9.72. The van der Waals surface area contributed by atoms with E-state index in [-0.39, 0.29) is 18.5 Å². The maximum atomic E-state index is 9.72. The maximum absolute atomic E-state index is 9.72. The molecule has 0 aromatic heterocycles. The van der Waals surface area contributed by atoms with Gasteiger partial charge in [-0.25, -0.2) is 4.99 Å². The Morgan fingerprint density at radius 3 is 2.36 bits per heavy atom. The minimum absolute atomic E-state index is 0.0126. The molecule has 0 fully saturated rings. The van der Waals surface area contributed by atoms with Crippen molar-refractivity contribution in [3.63, 3.8) is 0 Å². The molecule has 14 heavy (non-hydrogen) atoms. The SMILES string of the molecule is CCCC(C)(O)CN=C(N)N=C(N)N. The topological polar surface area (TPSA) is 123 Å². The van der Waals surface area contributed by atoms with Crippen LogP contribution in [0.5, 0.6) is 0 Å². The number of nitrogens with zero attached hydrogens (tertiary/aromatic N) is 2. The van der Waals surface area contributed by atoms with E-state index < -0.39 is 5.60 Å².